The Bertz CT molecular complexity index is 403. The average molecular weight is 334 g/mol. The van der Waals surface area contributed by atoms with Gasteiger partial charge in [0.15, 0.2) is 0 Å². The van der Waals surface area contributed by atoms with Crippen LogP contribution in [0.4, 0.5) is 0 Å². The lowest BCUT2D eigenvalue weighted by atomic mass is 9.88. The maximum absolute atomic E-state index is 11.0. The molecule has 0 unspecified atom stereocenters. The minimum Gasteiger partial charge on any atom is -0.481 e. The van der Waals surface area contributed by atoms with Gasteiger partial charge in [-0.15, -0.1) is 11.3 Å². The summed E-state index contributed by atoms with van der Waals surface area (Å²) in [6, 6.07) is 2.13. The van der Waals surface area contributed by atoms with E-state index in [4.69, 9.17) is 5.11 Å². The maximum Gasteiger partial charge on any atom is 0.309 e. The predicted octanol–water partition coefficient (Wildman–Crippen LogP) is 3.83. The Morgan fingerprint density at radius 2 is 2.22 bits per heavy atom. The van der Waals surface area contributed by atoms with Gasteiger partial charge in [-0.05, 0) is 73.2 Å². The van der Waals surface area contributed by atoms with Crippen molar-refractivity contribution in [2.45, 2.75) is 33.2 Å². The fraction of sp³-hybridized carbons (Fsp3) is 0.615. The van der Waals surface area contributed by atoms with Crippen LogP contribution in [0.1, 0.15) is 32.3 Å². The van der Waals surface area contributed by atoms with Crippen LogP contribution in [0.15, 0.2) is 15.2 Å². The number of carboxylic acids is 1. The molecule has 3 nitrogen and oxygen atoms in total. The van der Waals surface area contributed by atoms with E-state index >= 15 is 0 Å². The molecule has 0 aliphatic heterocycles. The standard InChI is InChI=1S/C13H20BrNO2S/c1-13(2,12(16)17)5-4-6-15(3)8-10-7-11(14)18-9-10/h7,9H,4-6,8H2,1-3H3,(H,16,17). The van der Waals surface area contributed by atoms with Crippen molar-refractivity contribution in [1.29, 1.82) is 0 Å². The van der Waals surface area contributed by atoms with Gasteiger partial charge in [-0.2, -0.15) is 0 Å². The van der Waals surface area contributed by atoms with Gasteiger partial charge in [0.2, 0.25) is 0 Å². The summed E-state index contributed by atoms with van der Waals surface area (Å²) in [5.74, 6) is -0.716. The Labute approximate surface area is 121 Å². The van der Waals surface area contributed by atoms with Crippen molar-refractivity contribution in [2.75, 3.05) is 13.6 Å². The summed E-state index contributed by atoms with van der Waals surface area (Å²) in [6.45, 7) is 5.40. The molecule has 0 aliphatic carbocycles. The summed E-state index contributed by atoms with van der Waals surface area (Å²) in [6.07, 6.45) is 1.61. The number of thiophene rings is 1. The van der Waals surface area contributed by atoms with Gasteiger partial charge in [0.1, 0.15) is 0 Å². The molecule has 1 aromatic heterocycles. The largest absolute Gasteiger partial charge is 0.481 e. The number of hydrogen-bond donors (Lipinski definition) is 1. The molecule has 1 aromatic rings. The van der Waals surface area contributed by atoms with Gasteiger partial charge in [-0.1, -0.05) is 0 Å². The topological polar surface area (TPSA) is 40.5 Å². The Kier molecular flexibility index (Phi) is 5.82. The lowest BCUT2D eigenvalue weighted by molar-refractivity contribution is -0.147. The number of nitrogens with zero attached hydrogens (tertiary/aromatic N) is 1. The summed E-state index contributed by atoms with van der Waals surface area (Å²) in [4.78, 5) is 13.2. The van der Waals surface area contributed by atoms with E-state index in [1.807, 2.05) is 0 Å². The summed E-state index contributed by atoms with van der Waals surface area (Å²) in [7, 11) is 2.07. The van der Waals surface area contributed by atoms with Crippen molar-refractivity contribution < 1.29 is 9.90 Å². The molecular weight excluding hydrogens is 314 g/mol. The van der Waals surface area contributed by atoms with Crippen LogP contribution in [0, 0.1) is 5.41 Å². The molecule has 1 N–H and O–H groups in total. The molecule has 0 fully saturated rings. The second-order valence-electron chi connectivity index (χ2n) is 5.29. The molecule has 0 saturated heterocycles. The van der Waals surface area contributed by atoms with E-state index in [0.29, 0.717) is 6.42 Å². The van der Waals surface area contributed by atoms with E-state index in [1.54, 1.807) is 25.2 Å². The number of aliphatic carboxylic acids is 1. The van der Waals surface area contributed by atoms with Gasteiger partial charge in [0.25, 0.3) is 0 Å². The summed E-state index contributed by atoms with van der Waals surface area (Å²) >= 11 is 5.14. The van der Waals surface area contributed by atoms with Crippen LogP contribution in [0.2, 0.25) is 0 Å². The van der Waals surface area contributed by atoms with Gasteiger partial charge < -0.3 is 10.0 Å². The first-order chi connectivity index (χ1) is 8.31. The molecule has 0 spiro atoms. The van der Waals surface area contributed by atoms with Crippen LogP contribution >= 0.6 is 27.3 Å². The van der Waals surface area contributed by atoms with Crippen molar-refractivity contribution in [2.24, 2.45) is 5.41 Å². The van der Waals surface area contributed by atoms with E-state index in [9.17, 15) is 4.79 Å². The smallest absolute Gasteiger partial charge is 0.309 e. The monoisotopic (exact) mass is 333 g/mol. The van der Waals surface area contributed by atoms with Gasteiger partial charge in [-0.25, -0.2) is 0 Å². The Morgan fingerprint density at radius 1 is 1.56 bits per heavy atom. The molecule has 1 heterocycles. The zero-order valence-electron chi connectivity index (χ0n) is 11.1. The van der Waals surface area contributed by atoms with Gasteiger partial charge in [-0.3, -0.25) is 4.79 Å². The maximum atomic E-state index is 11.0. The molecule has 0 bridgehead atoms. The first-order valence-electron chi connectivity index (χ1n) is 5.96. The van der Waals surface area contributed by atoms with Crippen LogP contribution in [-0.2, 0) is 11.3 Å². The molecule has 5 heteroatoms. The molecule has 102 valence electrons. The summed E-state index contributed by atoms with van der Waals surface area (Å²) < 4.78 is 1.15. The van der Waals surface area contributed by atoms with Crippen LogP contribution in [-0.4, -0.2) is 29.6 Å². The number of halogens is 1. The quantitative estimate of drug-likeness (QED) is 0.824. The number of hydrogen-bond acceptors (Lipinski definition) is 3. The predicted molar refractivity (Wildman–Crippen MR) is 79.0 cm³/mol. The number of rotatable bonds is 7. The molecule has 0 aromatic carbocycles. The van der Waals surface area contributed by atoms with Crippen molar-refractivity contribution in [3.8, 4) is 0 Å². The van der Waals surface area contributed by atoms with Gasteiger partial charge in [0, 0.05) is 6.54 Å². The van der Waals surface area contributed by atoms with Crippen molar-refractivity contribution >= 4 is 33.2 Å². The van der Waals surface area contributed by atoms with Crippen LogP contribution in [0.3, 0.4) is 0 Å². The third-order valence-electron chi connectivity index (χ3n) is 2.99. The second kappa shape index (κ2) is 6.68. The van der Waals surface area contributed by atoms with Crippen LogP contribution < -0.4 is 0 Å². The van der Waals surface area contributed by atoms with E-state index in [1.165, 1.54) is 5.56 Å². The molecular formula is C13H20BrNO2S. The van der Waals surface area contributed by atoms with Crippen molar-refractivity contribution in [1.82, 2.24) is 4.90 Å². The van der Waals surface area contributed by atoms with Gasteiger partial charge in [0.05, 0.1) is 9.20 Å². The average Bonchev–Trinajstić information content (AvgIpc) is 2.63. The third-order valence-corrected chi connectivity index (χ3v) is 4.55. The fourth-order valence-electron chi connectivity index (χ4n) is 1.72. The minimum absolute atomic E-state index is 0.619. The first kappa shape index (κ1) is 15.7. The van der Waals surface area contributed by atoms with E-state index in [2.05, 4.69) is 39.3 Å². The zero-order chi connectivity index (χ0) is 13.8. The van der Waals surface area contributed by atoms with Crippen LogP contribution in [0.5, 0.6) is 0 Å². The number of carboxylic acid groups (broad SMARTS) is 1. The lowest BCUT2D eigenvalue weighted by Gasteiger charge is -2.21. The Balaban J connectivity index is 2.29. The fourth-order valence-corrected chi connectivity index (χ4v) is 2.92. The molecule has 18 heavy (non-hydrogen) atoms. The Morgan fingerprint density at radius 3 is 2.72 bits per heavy atom. The molecule has 0 atom stereocenters. The van der Waals surface area contributed by atoms with Crippen LogP contribution in [0.25, 0.3) is 0 Å². The van der Waals surface area contributed by atoms with E-state index in [0.717, 1.165) is 23.3 Å². The zero-order valence-corrected chi connectivity index (χ0v) is 13.5. The number of carbonyl (C=O) groups is 1. The summed E-state index contributed by atoms with van der Waals surface area (Å²) in [5, 5.41) is 11.2. The molecule has 0 radical (unpaired) electrons. The molecule has 0 amide bonds. The highest BCUT2D eigenvalue weighted by Crippen LogP contribution is 2.24. The van der Waals surface area contributed by atoms with Crippen molar-refractivity contribution in [3.63, 3.8) is 0 Å². The Hall–Kier alpha value is -0.390. The van der Waals surface area contributed by atoms with E-state index < -0.39 is 11.4 Å². The highest BCUT2D eigenvalue weighted by molar-refractivity contribution is 9.11. The SMILES string of the molecule is CN(CCCC(C)(C)C(=O)O)Cc1csc(Br)c1. The highest BCUT2D eigenvalue weighted by atomic mass is 79.9. The molecule has 0 aliphatic rings. The van der Waals surface area contributed by atoms with Gasteiger partial charge >= 0.3 is 5.97 Å². The highest BCUT2D eigenvalue weighted by Gasteiger charge is 2.26. The first-order valence-corrected chi connectivity index (χ1v) is 7.63. The minimum atomic E-state index is -0.716. The normalized spacial score (nSPS) is 12.1. The van der Waals surface area contributed by atoms with Crippen molar-refractivity contribution in [3.05, 3.63) is 20.8 Å². The third kappa shape index (κ3) is 5.08. The molecule has 0 saturated carbocycles. The second-order valence-corrected chi connectivity index (χ2v) is 7.58. The molecule has 1 rings (SSSR count). The lowest BCUT2D eigenvalue weighted by Crippen LogP contribution is -2.26. The summed E-state index contributed by atoms with van der Waals surface area (Å²) in [5.41, 5.74) is 0.679. The van der Waals surface area contributed by atoms with E-state index in [-0.39, 0.29) is 0 Å².